The number of halogens is 1. The van der Waals surface area contributed by atoms with Crippen molar-refractivity contribution < 1.29 is 17.6 Å². The molecule has 8 heteroatoms. The lowest BCUT2D eigenvalue weighted by Crippen LogP contribution is -2.22. The number of carbonyl (C=O) groups excluding carboxylic acids is 1. The predicted molar refractivity (Wildman–Crippen MR) is 95.8 cm³/mol. The molecule has 0 aliphatic rings. The molecule has 1 aromatic heterocycles. The zero-order chi connectivity index (χ0) is 18.4. The maximum Gasteiger partial charge on any atom is 0.244 e. The topological polar surface area (TPSA) is 67.3 Å². The van der Waals surface area contributed by atoms with Gasteiger partial charge in [0.05, 0.1) is 5.03 Å². The van der Waals surface area contributed by atoms with E-state index in [-0.39, 0.29) is 16.5 Å². The molecule has 0 saturated carbocycles. The number of nitrogens with zero attached hydrogens (tertiary/aromatic N) is 2. The standard InChI is InChI=1S/C17H19FN2O3S2/c1-20(2)25(22,23)15-9-10-17(19-12-15)24-11-3-4-16(21)13-5-7-14(18)8-6-13/h5-10,12H,3-4,11H2,1-2H3. The van der Waals surface area contributed by atoms with E-state index in [4.69, 9.17) is 0 Å². The molecule has 0 aliphatic carbocycles. The highest BCUT2D eigenvalue weighted by Crippen LogP contribution is 2.20. The maximum absolute atomic E-state index is 12.8. The van der Waals surface area contributed by atoms with Crippen LogP contribution in [-0.4, -0.2) is 43.3 Å². The van der Waals surface area contributed by atoms with E-state index in [0.29, 0.717) is 29.2 Å². The fourth-order valence-electron chi connectivity index (χ4n) is 2.01. The van der Waals surface area contributed by atoms with Crippen molar-refractivity contribution in [3.63, 3.8) is 0 Å². The summed E-state index contributed by atoms with van der Waals surface area (Å²) < 4.78 is 37.9. The van der Waals surface area contributed by atoms with Gasteiger partial charge in [-0.2, -0.15) is 0 Å². The molecule has 0 fully saturated rings. The molecule has 0 radical (unpaired) electrons. The molecule has 25 heavy (non-hydrogen) atoms. The van der Waals surface area contributed by atoms with E-state index in [1.165, 1.54) is 62.4 Å². The molecule has 1 aromatic carbocycles. The normalized spacial score (nSPS) is 11.7. The van der Waals surface area contributed by atoms with Crippen molar-refractivity contribution >= 4 is 27.6 Å². The fourth-order valence-corrected chi connectivity index (χ4v) is 3.64. The third-order valence-electron chi connectivity index (χ3n) is 3.45. The molecule has 0 saturated heterocycles. The lowest BCUT2D eigenvalue weighted by molar-refractivity contribution is 0.0982. The Balaban J connectivity index is 1.82. The van der Waals surface area contributed by atoms with E-state index in [2.05, 4.69) is 4.98 Å². The van der Waals surface area contributed by atoms with E-state index in [0.717, 1.165) is 4.31 Å². The Morgan fingerprint density at radius 1 is 1.16 bits per heavy atom. The molecule has 5 nitrogen and oxygen atoms in total. The Kier molecular flexibility index (Phi) is 6.69. The number of hydrogen-bond acceptors (Lipinski definition) is 5. The van der Waals surface area contributed by atoms with Gasteiger partial charge in [-0.05, 0) is 48.6 Å². The number of aromatic nitrogens is 1. The lowest BCUT2D eigenvalue weighted by Gasteiger charge is -2.11. The van der Waals surface area contributed by atoms with Gasteiger partial charge in [-0.25, -0.2) is 22.1 Å². The van der Waals surface area contributed by atoms with Crippen LogP contribution < -0.4 is 0 Å². The summed E-state index contributed by atoms with van der Waals surface area (Å²) in [7, 11) is -0.537. The number of Topliss-reactive ketones (excluding diaryl/α,β-unsaturated/α-hetero) is 1. The minimum Gasteiger partial charge on any atom is -0.294 e. The first kappa shape index (κ1) is 19.6. The van der Waals surface area contributed by atoms with Gasteiger partial charge in [-0.3, -0.25) is 4.79 Å². The van der Waals surface area contributed by atoms with E-state index >= 15 is 0 Å². The molecule has 0 N–H and O–H groups in total. The van der Waals surface area contributed by atoms with Crippen molar-refractivity contribution in [1.29, 1.82) is 0 Å². The number of benzene rings is 1. The Labute approximate surface area is 151 Å². The third-order valence-corrected chi connectivity index (χ3v) is 6.28. The van der Waals surface area contributed by atoms with Crippen LogP contribution in [0.4, 0.5) is 4.39 Å². The van der Waals surface area contributed by atoms with Gasteiger partial charge >= 0.3 is 0 Å². The molecule has 2 aromatic rings. The van der Waals surface area contributed by atoms with Crippen molar-refractivity contribution in [2.24, 2.45) is 0 Å². The first-order valence-electron chi connectivity index (χ1n) is 7.61. The largest absolute Gasteiger partial charge is 0.294 e. The second-order valence-electron chi connectivity index (χ2n) is 5.50. The van der Waals surface area contributed by atoms with Crippen molar-refractivity contribution in [2.75, 3.05) is 19.8 Å². The Morgan fingerprint density at radius 3 is 2.40 bits per heavy atom. The van der Waals surface area contributed by atoms with Crippen LogP contribution in [-0.2, 0) is 10.0 Å². The Hall–Kier alpha value is -1.77. The van der Waals surface area contributed by atoms with Gasteiger partial charge < -0.3 is 0 Å². The van der Waals surface area contributed by atoms with Gasteiger partial charge in [0, 0.05) is 32.3 Å². The van der Waals surface area contributed by atoms with Crippen molar-refractivity contribution in [3.05, 3.63) is 54.0 Å². The van der Waals surface area contributed by atoms with Crippen LogP contribution in [0.3, 0.4) is 0 Å². The van der Waals surface area contributed by atoms with Gasteiger partial charge in [0.15, 0.2) is 5.78 Å². The van der Waals surface area contributed by atoms with Gasteiger partial charge in [0.1, 0.15) is 10.7 Å². The van der Waals surface area contributed by atoms with Crippen molar-refractivity contribution in [3.8, 4) is 0 Å². The number of rotatable bonds is 8. The molecule has 0 bridgehead atoms. The second-order valence-corrected chi connectivity index (χ2v) is 8.77. The van der Waals surface area contributed by atoms with Crippen LogP contribution in [0, 0.1) is 5.82 Å². The van der Waals surface area contributed by atoms with Crippen LogP contribution in [0.15, 0.2) is 52.5 Å². The summed E-state index contributed by atoms with van der Waals surface area (Å²) >= 11 is 1.46. The highest BCUT2D eigenvalue weighted by atomic mass is 32.2. The van der Waals surface area contributed by atoms with Gasteiger partial charge in [0.2, 0.25) is 10.0 Å². The molecule has 0 spiro atoms. The highest BCUT2D eigenvalue weighted by molar-refractivity contribution is 7.99. The number of sulfonamides is 1. The third kappa shape index (κ3) is 5.35. The van der Waals surface area contributed by atoms with Crippen LogP contribution >= 0.6 is 11.8 Å². The summed E-state index contributed by atoms with van der Waals surface area (Å²) in [6.07, 6.45) is 2.35. The predicted octanol–water partition coefficient (Wildman–Crippen LogP) is 3.23. The fraction of sp³-hybridized carbons (Fsp3) is 0.294. The summed E-state index contributed by atoms with van der Waals surface area (Å²) in [5, 5.41) is 0.701. The number of carbonyl (C=O) groups is 1. The van der Waals surface area contributed by atoms with Gasteiger partial charge in [0.25, 0.3) is 0 Å². The average molecular weight is 382 g/mol. The molecular weight excluding hydrogens is 363 g/mol. The van der Waals surface area contributed by atoms with Gasteiger partial charge in [-0.1, -0.05) is 0 Å². The summed E-state index contributed by atoms with van der Waals surface area (Å²) in [6.45, 7) is 0. The molecule has 1 heterocycles. The average Bonchev–Trinajstić information content (AvgIpc) is 2.59. The molecular formula is C17H19FN2O3S2. The smallest absolute Gasteiger partial charge is 0.244 e. The van der Waals surface area contributed by atoms with E-state index in [1.54, 1.807) is 6.07 Å². The van der Waals surface area contributed by atoms with Crippen molar-refractivity contribution in [1.82, 2.24) is 9.29 Å². The zero-order valence-corrected chi connectivity index (χ0v) is 15.6. The first-order chi connectivity index (χ1) is 11.8. The monoisotopic (exact) mass is 382 g/mol. The molecule has 0 atom stereocenters. The minimum absolute atomic E-state index is 0.0269. The maximum atomic E-state index is 12.8. The van der Waals surface area contributed by atoms with Crippen LogP contribution in [0.5, 0.6) is 0 Å². The highest BCUT2D eigenvalue weighted by Gasteiger charge is 2.17. The SMILES string of the molecule is CN(C)S(=O)(=O)c1ccc(SCCCC(=O)c2ccc(F)cc2)nc1. The number of pyridine rings is 1. The van der Waals surface area contributed by atoms with Crippen LogP contribution in [0.1, 0.15) is 23.2 Å². The summed E-state index contributed by atoms with van der Waals surface area (Å²) in [4.78, 5) is 16.3. The zero-order valence-electron chi connectivity index (χ0n) is 14.0. The number of hydrogen-bond donors (Lipinski definition) is 0. The molecule has 0 aliphatic heterocycles. The van der Waals surface area contributed by atoms with Crippen molar-refractivity contribution in [2.45, 2.75) is 22.8 Å². The summed E-state index contributed by atoms with van der Waals surface area (Å²) in [5.41, 5.74) is 0.503. The number of ketones is 1. The lowest BCUT2D eigenvalue weighted by atomic mass is 10.1. The molecule has 134 valence electrons. The molecule has 0 amide bonds. The molecule has 0 unspecified atom stereocenters. The molecule has 2 rings (SSSR count). The van der Waals surface area contributed by atoms with Gasteiger partial charge in [-0.15, -0.1) is 11.8 Å². The summed E-state index contributed by atoms with van der Waals surface area (Å²) in [5.74, 6) is 0.290. The van der Waals surface area contributed by atoms with E-state index < -0.39 is 10.0 Å². The first-order valence-corrected chi connectivity index (χ1v) is 10.0. The van der Waals surface area contributed by atoms with Crippen LogP contribution in [0.25, 0.3) is 0 Å². The number of thioether (sulfide) groups is 1. The van der Waals surface area contributed by atoms with E-state index in [1.807, 2.05) is 0 Å². The quantitative estimate of drug-likeness (QED) is 0.398. The Morgan fingerprint density at radius 2 is 1.84 bits per heavy atom. The Bertz CT molecular complexity index is 820. The minimum atomic E-state index is -3.47. The summed E-state index contributed by atoms with van der Waals surface area (Å²) in [6, 6.07) is 8.69. The van der Waals surface area contributed by atoms with Crippen LogP contribution in [0.2, 0.25) is 0 Å². The van der Waals surface area contributed by atoms with E-state index in [9.17, 15) is 17.6 Å². The second kappa shape index (κ2) is 8.55.